The minimum atomic E-state index is -1.31. The van der Waals surface area contributed by atoms with Crippen LogP contribution in [0.3, 0.4) is 0 Å². The number of amides is 1. The molecular formula is C15H14F2N2O4. The Morgan fingerprint density at radius 2 is 1.96 bits per heavy atom. The average molecular weight is 324 g/mol. The number of esters is 1. The lowest BCUT2D eigenvalue weighted by Gasteiger charge is -2.16. The molecule has 0 aliphatic rings. The Bertz CT molecular complexity index is 758. The Morgan fingerprint density at radius 1 is 1.26 bits per heavy atom. The molecule has 2 rings (SSSR count). The normalized spacial score (nSPS) is 11.9. The van der Waals surface area contributed by atoms with E-state index in [1.165, 1.54) is 6.07 Å². The van der Waals surface area contributed by atoms with Crippen LogP contribution in [0.2, 0.25) is 0 Å². The Morgan fingerprint density at radius 3 is 2.48 bits per heavy atom. The molecule has 0 saturated carbocycles. The fourth-order valence-corrected chi connectivity index (χ4v) is 2.03. The standard InChI is InChI=1S/C15H14F2N2O4/c1-7-13(23-8(2)18-7)14(20)19-12(15(21)22-3)9-4-5-10(16)11(17)6-9/h4-6,12H,1-3H3,(H,19,20)/t12-/m1/s1. The molecule has 0 spiro atoms. The number of hydrogen-bond donors (Lipinski definition) is 1. The van der Waals surface area contributed by atoms with E-state index in [-0.39, 0.29) is 17.2 Å². The summed E-state index contributed by atoms with van der Waals surface area (Å²) in [4.78, 5) is 28.0. The summed E-state index contributed by atoms with van der Waals surface area (Å²) >= 11 is 0. The van der Waals surface area contributed by atoms with Crippen molar-refractivity contribution in [2.24, 2.45) is 0 Å². The molecule has 1 amide bonds. The molecule has 6 nitrogen and oxygen atoms in total. The summed E-state index contributed by atoms with van der Waals surface area (Å²) in [5, 5.41) is 2.36. The molecule has 0 fully saturated rings. The van der Waals surface area contributed by atoms with Crippen LogP contribution < -0.4 is 5.32 Å². The molecule has 0 unspecified atom stereocenters. The molecule has 2 aromatic rings. The first-order valence-electron chi connectivity index (χ1n) is 6.61. The minimum Gasteiger partial charge on any atom is -0.467 e. The zero-order chi connectivity index (χ0) is 17.1. The first-order valence-corrected chi connectivity index (χ1v) is 6.61. The van der Waals surface area contributed by atoms with Gasteiger partial charge < -0.3 is 14.5 Å². The van der Waals surface area contributed by atoms with Crippen LogP contribution in [0.5, 0.6) is 0 Å². The number of carbonyl (C=O) groups excluding carboxylic acids is 2. The van der Waals surface area contributed by atoms with Gasteiger partial charge in [0, 0.05) is 6.92 Å². The van der Waals surface area contributed by atoms with Crippen LogP contribution in [0.1, 0.15) is 33.7 Å². The van der Waals surface area contributed by atoms with Crippen LogP contribution in [0.4, 0.5) is 8.78 Å². The van der Waals surface area contributed by atoms with E-state index >= 15 is 0 Å². The van der Waals surface area contributed by atoms with Gasteiger partial charge in [-0.3, -0.25) is 4.79 Å². The van der Waals surface area contributed by atoms with Gasteiger partial charge in [0.2, 0.25) is 5.76 Å². The molecule has 1 N–H and O–H groups in total. The lowest BCUT2D eigenvalue weighted by atomic mass is 10.1. The number of ether oxygens (including phenoxy) is 1. The van der Waals surface area contributed by atoms with E-state index in [9.17, 15) is 18.4 Å². The SMILES string of the molecule is COC(=O)[C@H](NC(=O)c1oc(C)nc1C)c1ccc(F)c(F)c1. The number of rotatable bonds is 4. The van der Waals surface area contributed by atoms with Crippen molar-refractivity contribution in [1.29, 1.82) is 0 Å². The summed E-state index contributed by atoms with van der Waals surface area (Å²) in [7, 11) is 1.12. The molecule has 1 atom stereocenters. The largest absolute Gasteiger partial charge is 0.467 e. The summed E-state index contributed by atoms with van der Waals surface area (Å²) in [6.07, 6.45) is 0. The van der Waals surface area contributed by atoms with Crippen LogP contribution in [-0.4, -0.2) is 24.0 Å². The number of methoxy groups -OCH3 is 1. The molecule has 1 aromatic heterocycles. The topological polar surface area (TPSA) is 81.4 Å². The number of oxazole rings is 1. The van der Waals surface area contributed by atoms with Crippen molar-refractivity contribution in [3.05, 3.63) is 52.7 Å². The maximum absolute atomic E-state index is 13.4. The average Bonchev–Trinajstić information content (AvgIpc) is 2.85. The predicted molar refractivity (Wildman–Crippen MR) is 74.6 cm³/mol. The van der Waals surface area contributed by atoms with Crippen LogP contribution in [0.15, 0.2) is 22.6 Å². The van der Waals surface area contributed by atoms with Crippen molar-refractivity contribution in [2.75, 3.05) is 7.11 Å². The van der Waals surface area contributed by atoms with Gasteiger partial charge in [0.1, 0.15) is 0 Å². The van der Waals surface area contributed by atoms with E-state index in [0.717, 1.165) is 19.2 Å². The molecule has 23 heavy (non-hydrogen) atoms. The van der Waals surface area contributed by atoms with E-state index < -0.39 is 29.6 Å². The van der Waals surface area contributed by atoms with E-state index in [1.54, 1.807) is 13.8 Å². The van der Waals surface area contributed by atoms with Gasteiger partial charge in [0.25, 0.3) is 5.91 Å². The number of aryl methyl sites for hydroxylation is 2. The van der Waals surface area contributed by atoms with E-state index in [1.807, 2.05) is 0 Å². The summed E-state index contributed by atoms with van der Waals surface area (Å²) in [5.41, 5.74) is 0.381. The fraction of sp³-hybridized carbons (Fsp3) is 0.267. The lowest BCUT2D eigenvalue weighted by Crippen LogP contribution is -2.34. The Hall–Kier alpha value is -2.77. The second kappa shape index (κ2) is 6.55. The maximum atomic E-state index is 13.4. The molecule has 0 radical (unpaired) electrons. The van der Waals surface area contributed by atoms with Gasteiger partial charge >= 0.3 is 5.97 Å². The van der Waals surface area contributed by atoms with Gasteiger partial charge in [0.15, 0.2) is 23.6 Å². The second-order valence-corrected chi connectivity index (χ2v) is 4.75. The molecule has 122 valence electrons. The number of aromatic nitrogens is 1. The van der Waals surface area contributed by atoms with Gasteiger partial charge in [-0.2, -0.15) is 0 Å². The van der Waals surface area contributed by atoms with Crippen LogP contribution in [0, 0.1) is 25.5 Å². The molecular weight excluding hydrogens is 310 g/mol. The predicted octanol–water partition coefficient (Wildman–Crippen LogP) is 2.21. The second-order valence-electron chi connectivity index (χ2n) is 4.75. The maximum Gasteiger partial charge on any atom is 0.333 e. The molecule has 0 aliphatic heterocycles. The molecule has 1 aromatic carbocycles. The highest BCUT2D eigenvalue weighted by molar-refractivity contribution is 5.95. The summed E-state index contributed by atoms with van der Waals surface area (Å²) in [6.45, 7) is 3.13. The smallest absolute Gasteiger partial charge is 0.333 e. The quantitative estimate of drug-likeness (QED) is 0.872. The number of benzene rings is 1. The number of nitrogens with zero attached hydrogens (tertiary/aromatic N) is 1. The van der Waals surface area contributed by atoms with Crippen LogP contribution >= 0.6 is 0 Å². The number of hydrogen-bond acceptors (Lipinski definition) is 5. The highest BCUT2D eigenvalue weighted by Crippen LogP contribution is 2.19. The van der Waals surface area contributed by atoms with Crippen molar-refractivity contribution >= 4 is 11.9 Å². The Labute approximate surface area is 130 Å². The van der Waals surface area contributed by atoms with E-state index in [0.29, 0.717) is 5.69 Å². The molecule has 8 heteroatoms. The fourth-order valence-electron chi connectivity index (χ4n) is 2.03. The number of carbonyl (C=O) groups is 2. The van der Waals surface area contributed by atoms with Crippen LogP contribution in [0.25, 0.3) is 0 Å². The third kappa shape index (κ3) is 3.53. The van der Waals surface area contributed by atoms with Crippen molar-refractivity contribution < 1.29 is 27.5 Å². The minimum absolute atomic E-state index is 0.0398. The van der Waals surface area contributed by atoms with Gasteiger partial charge in [-0.25, -0.2) is 18.6 Å². The third-order valence-electron chi connectivity index (χ3n) is 3.10. The highest BCUT2D eigenvalue weighted by Gasteiger charge is 2.27. The van der Waals surface area contributed by atoms with Crippen molar-refractivity contribution in [2.45, 2.75) is 19.9 Å². The lowest BCUT2D eigenvalue weighted by molar-refractivity contribution is -0.143. The van der Waals surface area contributed by atoms with Gasteiger partial charge in [-0.15, -0.1) is 0 Å². The van der Waals surface area contributed by atoms with Gasteiger partial charge in [-0.05, 0) is 24.6 Å². The van der Waals surface area contributed by atoms with Crippen molar-refractivity contribution in [1.82, 2.24) is 10.3 Å². The van der Waals surface area contributed by atoms with Crippen LogP contribution in [-0.2, 0) is 9.53 Å². The van der Waals surface area contributed by atoms with E-state index in [2.05, 4.69) is 15.0 Å². The number of nitrogens with one attached hydrogen (secondary N) is 1. The van der Waals surface area contributed by atoms with Crippen molar-refractivity contribution in [3.63, 3.8) is 0 Å². The number of halogens is 2. The molecule has 0 saturated heterocycles. The van der Waals surface area contributed by atoms with Gasteiger partial charge in [0.05, 0.1) is 12.8 Å². The summed E-state index contributed by atoms with van der Waals surface area (Å²) in [5.74, 6) is -3.54. The van der Waals surface area contributed by atoms with E-state index in [4.69, 9.17) is 4.42 Å². The molecule has 1 heterocycles. The van der Waals surface area contributed by atoms with Gasteiger partial charge in [-0.1, -0.05) is 6.07 Å². The zero-order valence-corrected chi connectivity index (χ0v) is 12.6. The highest BCUT2D eigenvalue weighted by atomic mass is 19.2. The first-order chi connectivity index (χ1) is 10.8. The zero-order valence-electron chi connectivity index (χ0n) is 12.6. The van der Waals surface area contributed by atoms with Crippen molar-refractivity contribution in [3.8, 4) is 0 Å². The summed E-state index contributed by atoms with van der Waals surface area (Å²) < 4.78 is 36.1. The Balaban J connectivity index is 2.32. The monoisotopic (exact) mass is 324 g/mol. The first kappa shape index (κ1) is 16.6. The summed E-state index contributed by atoms with van der Waals surface area (Å²) in [6, 6.07) is 1.54. The third-order valence-corrected chi connectivity index (χ3v) is 3.10. The molecule has 0 aliphatic carbocycles. The molecule has 0 bridgehead atoms. The Kier molecular flexibility index (Phi) is 4.73.